The zero-order valence-corrected chi connectivity index (χ0v) is 11.3. The summed E-state index contributed by atoms with van der Waals surface area (Å²) in [6, 6.07) is 7.83. The molecule has 1 N–H and O–H groups in total. The van der Waals surface area contributed by atoms with E-state index in [-0.39, 0.29) is 6.03 Å². The quantitative estimate of drug-likeness (QED) is 0.853. The van der Waals surface area contributed by atoms with Gasteiger partial charge in [0.25, 0.3) is 0 Å². The number of hydrogen-bond acceptors (Lipinski definition) is 2. The van der Waals surface area contributed by atoms with Crippen molar-refractivity contribution in [3.8, 4) is 0 Å². The number of pyridine rings is 1. The first-order chi connectivity index (χ1) is 9.15. The van der Waals surface area contributed by atoms with Gasteiger partial charge < -0.3 is 10.2 Å². The van der Waals surface area contributed by atoms with Crippen molar-refractivity contribution in [1.82, 2.24) is 9.88 Å². The molecule has 1 saturated carbocycles. The van der Waals surface area contributed by atoms with Crippen molar-refractivity contribution in [2.75, 3.05) is 12.4 Å². The standard InChI is InChI=1S/C14H14ClN3O/c1-18(11-3-4-11)14(19)17-10-2-5-12-9(8-10)6-7-16-13(12)15/h2,5-8,11H,3-4H2,1H3,(H,17,19). The van der Waals surface area contributed by atoms with Crippen molar-refractivity contribution < 1.29 is 4.79 Å². The average molecular weight is 276 g/mol. The number of halogens is 1. The Morgan fingerprint density at radius 1 is 1.42 bits per heavy atom. The van der Waals surface area contributed by atoms with Gasteiger partial charge in [-0.3, -0.25) is 0 Å². The first-order valence-corrected chi connectivity index (χ1v) is 6.61. The van der Waals surface area contributed by atoms with E-state index in [1.807, 2.05) is 31.3 Å². The Labute approximate surface area is 116 Å². The number of urea groups is 1. The maximum atomic E-state index is 12.0. The molecule has 19 heavy (non-hydrogen) atoms. The van der Waals surface area contributed by atoms with Crippen molar-refractivity contribution in [2.24, 2.45) is 0 Å². The molecule has 1 aliphatic carbocycles. The molecule has 0 bridgehead atoms. The van der Waals surface area contributed by atoms with Crippen LogP contribution >= 0.6 is 11.6 Å². The zero-order valence-electron chi connectivity index (χ0n) is 10.6. The van der Waals surface area contributed by atoms with Crippen LogP contribution in [-0.2, 0) is 0 Å². The van der Waals surface area contributed by atoms with Crippen LogP contribution in [0.3, 0.4) is 0 Å². The van der Waals surface area contributed by atoms with Crippen LogP contribution in [0.4, 0.5) is 10.5 Å². The Morgan fingerprint density at radius 2 is 2.21 bits per heavy atom. The third kappa shape index (κ3) is 2.49. The van der Waals surface area contributed by atoms with Gasteiger partial charge in [0.2, 0.25) is 0 Å². The highest BCUT2D eigenvalue weighted by Gasteiger charge is 2.29. The third-order valence-electron chi connectivity index (χ3n) is 3.38. The molecule has 1 aliphatic rings. The van der Waals surface area contributed by atoms with E-state index >= 15 is 0 Å². The van der Waals surface area contributed by atoms with E-state index in [0.29, 0.717) is 11.2 Å². The SMILES string of the molecule is CN(C(=O)Nc1ccc2c(Cl)nccc2c1)C1CC1. The molecule has 2 aromatic rings. The van der Waals surface area contributed by atoms with Gasteiger partial charge >= 0.3 is 6.03 Å². The summed E-state index contributed by atoms with van der Waals surface area (Å²) in [5.74, 6) is 0. The van der Waals surface area contributed by atoms with Crippen molar-refractivity contribution in [3.63, 3.8) is 0 Å². The molecule has 1 heterocycles. The Morgan fingerprint density at radius 3 is 2.95 bits per heavy atom. The molecule has 1 aromatic heterocycles. The van der Waals surface area contributed by atoms with Crippen LogP contribution in [0.1, 0.15) is 12.8 Å². The maximum Gasteiger partial charge on any atom is 0.321 e. The van der Waals surface area contributed by atoms with E-state index in [1.165, 1.54) is 0 Å². The lowest BCUT2D eigenvalue weighted by molar-refractivity contribution is 0.220. The fraction of sp³-hybridized carbons (Fsp3) is 0.286. The number of carbonyl (C=O) groups is 1. The number of nitrogens with one attached hydrogen (secondary N) is 1. The van der Waals surface area contributed by atoms with Crippen molar-refractivity contribution in [3.05, 3.63) is 35.6 Å². The van der Waals surface area contributed by atoms with Crippen LogP contribution in [-0.4, -0.2) is 29.0 Å². The van der Waals surface area contributed by atoms with E-state index in [0.717, 1.165) is 29.3 Å². The van der Waals surface area contributed by atoms with Gasteiger partial charge in [0, 0.05) is 30.4 Å². The summed E-state index contributed by atoms with van der Waals surface area (Å²) in [6.45, 7) is 0. The highest BCUT2D eigenvalue weighted by atomic mass is 35.5. The smallest absolute Gasteiger partial charge is 0.321 e. The van der Waals surface area contributed by atoms with Crippen LogP contribution in [0.15, 0.2) is 30.5 Å². The maximum absolute atomic E-state index is 12.0. The summed E-state index contributed by atoms with van der Waals surface area (Å²) >= 11 is 6.01. The number of rotatable bonds is 2. The second-order valence-corrected chi connectivity index (χ2v) is 5.17. The summed E-state index contributed by atoms with van der Waals surface area (Å²) in [6.07, 6.45) is 3.86. The Hall–Kier alpha value is -1.81. The molecule has 2 amide bonds. The van der Waals surface area contributed by atoms with E-state index in [1.54, 1.807) is 11.1 Å². The number of aromatic nitrogens is 1. The van der Waals surface area contributed by atoms with Gasteiger partial charge in [-0.15, -0.1) is 0 Å². The van der Waals surface area contributed by atoms with E-state index in [4.69, 9.17) is 11.6 Å². The van der Waals surface area contributed by atoms with Crippen LogP contribution in [0.2, 0.25) is 5.15 Å². The second-order valence-electron chi connectivity index (χ2n) is 4.81. The van der Waals surface area contributed by atoms with Gasteiger partial charge in [0.1, 0.15) is 5.15 Å². The summed E-state index contributed by atoms with van der Waals surface area (Å²) < 4.78 is 0. The highest BCUT2D eigenvalue weighted by Crippen LogP contribution is 2.27. The molecule has 1 aromatic carbocycles. The number of carbonyl (C=O) groups excluding carboxylic acids is 1. The molecule has 1 fully saturated rings. The minimum atomic E-state index is -0.0676. The minimum Gasteiger partial charge on any atom is -0.325 e. The first-order valence-electron chi connectivity index (χ1n) is 6.23. The molecule has 0 aliphatic heterocycles. The van der Waals surface area contributed by atoms with Crippen molar-refractivity contribution in [2.45, 2.75) is 18.9 Å². The lowest BCUT2D eigenvalue weighted by Crippen LogP contribution is -2.32. The normalized spacial score (nSPS) is 14.4. The molecular weight excluding hydrogens is 262 g/mol. The summed E-state index contributed by atoms with van der Waals surface area (Å²) in [5, 5.41) is 5.23. The Balaban J connectivity index is 1.83. The summed E-state index contributed by atoms with van der Waals surface area (Å²) in [5.41, 5.74) is 0.771. The molecule has 0 spiro atoms. The molecule has 0 saturated heterocycles. The fourth-order valence-corrected chi connectivity index (χ4v) is 2.29. The Kier molecular flexibility index (Phi) is 3.03. The number of hydrogen-bond donors (Lipinski definition) is 1. The topological polar surface area (TPSA) is 45.2 Å². The number of benzene rings is 1. The van der Waals surface area contributed by atoms with Crippen LogP contribution < -0.4 is 5.32 Å². The summed E-state index contributed by atoms with van der Waals surface area (Å²) in [4.78, 5) is 17.8. The molecule has 0 radical (unpaired) electrons. The van der Waals surface area contributed by atoms with Crippen molar-refractivity contribution in [1.29, 1.82) is 0 Å². The fourth-order valence-electron chi connectivity index (χ4n) is 2.06. The largest absolute Gasteiger partial charge is 0.325 e. The molecule has 98 valence electrons. The van der Waals surface area contributed by atoms with Gasteiger partial charge in [0.05, 0.1) is 0 Å². The van der Waals surface area contributed by atoms with Crippen LogP contribution in [0, 0.1) is 0 Å². The minimum absolute atomic E-state index is 0.0676. The number of anilines is 1. The third-order valence-corrected chi connectivity index (χ3v) is 3.68. The number of fused-ring (bicyclic) bond motifs is 1. The molecule has 3 rings (SSSR count). The summed E-state index contributed by atoms with van der Waals surface area (Å²) in [7, 11) is 1.83. The first kappa shape index (κ1) is 12.2. The van der Waals surface area contributed by atoms with Gasteiger partial charge in [-0.25, -0.2) is 9.78 Å². The van der Waals surface area contributed by atoms with Crippen molar-refractivity contribution >= 4 is 34.1 Å². The predicted molar refractivity (Wildman–Crippen MR) is 76.6 cm³/mol. The van der Waals surface area contributed by atoms with Gasteiger partial charge in [-0.2, -0.15) is 0 Å². The average Bonchev–Trinajstić information content (AvgIpc) is 3.22. The highest BCUT2D eigenvalue weighted by molar-refractivity contribution is 6.34. The molecule has 0 atom stereocenters. The zero-order chi connectivity index (χ0) is 13.4. The van der Waals surface area contributed by atoms with E-state index in [2.05, 4.69) is 10.3 Å². The van der Waals surface area contributed by atoms with E-state index < -0.39 is 0 Å². The second kappa shape index (κ2) is 4.70. The number of amides is 2. The van der Waals surface area contributed by atoms with Gasteiger partial charge in [-0.1, -0.05) is 11.6 Å². The van der Waals surface area contributed by atoms with Gasteiger partial charge in [0.15, 0.2) is 0 Å². The van der Waals surface area contributed by atoms with Crippen LogP contribution in [0.25, 0.3) is 10.8 Å². The molecule has 0 unspecified atom stereocenters. The molecule has 4 nitrogen and oxygen atoms in total. The predicted octanol–water partition coefficient (Wildman–Crippen LogP) is 3.51. The molecule has 5 heteroatoms. The monoisotopic (exact) mass is 275 g/mol. The van der Waals surface area contributed by atoms with Gasteiger partial charge in [-0.05, 0) is 42.5 Å². The number of nitrogens with zero attached hydrogens (tertiary/aromatic N) is 2. The Bertz CT molecular complexity index is 640. The lowest BCUT2D eigenvalue weighted by Gasteiger charge is -2.17. The lowest BCUT2D eigenvalue weighted by atomic mass is 10.1. The van der Waals surface area contributed by atoms with E-state index in [9.17, 15) is 4.79 Å². The van der Waals surface area contributed by atoms with Crippen LogP contribution in [0.5, 0.6) is 0 Å². The molecular formula is C14H14ClN3O.